The second-order valence-electron chi connectivity index (χ2n) is 4.18. The van der Waals surface area contributed by atoms with E-state index in [1.54, 1.807) is 0 Å². The van der Waals surface area contributed by atoms with Crippen molar-refractivity contribution in [3.63, 3.8) is 0 Å². The van der Waals surface area contributed by atoms with Crippen molar-refractivity contribution in [2.45, 2.75) is 6.54 Å². The number of hydrogen-bond donors (Lipinski definition) is 1. The molecule has 0 aliphatic rings. The van der Waals surface area contributed by atoms with E-state index in [-0.39, 0.29) is 26.4 Å². The Balaban J connectivity index is 0.000000212. The minimum Gasteiger partial charge on any atom is -0.350 e. The van der Waals surface area contributed by atoms with Gasteiger partial charge in [-0.05, 0) is 63.6 Å². The SMILES string of the molecule is Clc1nc(Cl)nc(Cl)n1.Clc1nc(Cl)nc(NCc2ccccc2)n1. The van der Waals surface area contributed by atoms with Crippen molar-refractivity contribution >= 4 is 64.0 Å². The Morgan fingerprint density at radius 3 is 1.44 bits per heavy atom. The third-order valence-electron chi connectivity index (χ3n) is 2.43. The molecule has 3 rings (SSSR count). The molecule has 1 N–H and O–H groups in total. The van der Waals surface area contributed by atoms with Gasteiger partial charge in [-0.25, -0.2) is 0 Å². The Kier molecular flexibility index (Phi) is 7.80. The van der Waals surface area contributed by atoms with E-state index in [0.29, 0.717) is 12.5 Å². The van der Waals surface area contributed by atoms with E-state index in [4.69, 9.17) is 58.0 Å². The van der Waals surface area contributed by atoms with Crippen molar-refractivity contribution in [1.29, 1.82) is 0 Å². The van der Waals surface area contributed by atoms with Crippen LogP contribution in [-0.4, -0.2) is 29.9 Å². The highest BCUT2D eigenvalue weighted by molar-refractivity contribution is 6.33. The van der Waals surface area contributed by atoms with Gasteiger partial charge in [0.25, 0.3) is 0 Å². The van der Waals surface area contributed by atoms with E-state index in [1.807, 2.05) is 30.3 Å². The summed E-state index contributed by atoms with van der Waals surface area (Å²) in [5.74, 6) is 0.369. The smallest absolute Gasteiger partial charge is 0.228 e. The van der Waals surface area contributed by atoms with E-state index in [9.17, 15) is 0 Å². The van der Waals surface area contributed by atoms with E-state index in [1.165, 1.54) is 0 Å². The van der Waals surface area contributed by atoms with Crippen LogP contribution in [0.5, 0.6) is 0 Å². The molecule has 2 heterocycles. The zero-order valence-corrected chi connectivity index (χ0v) is 15.9. The van der Waals surface area contributed by atoms with Crippen LogP contribution in [0.4, 0.5) is 5.95 Å². The highest BCUT2D eigenvalue weighted by Gasteiger charge is 2.02. The molecule has 2 aromatic heterocycles. The summed E-state index contributed by atoms with van der Waals surface area (Å²) in [4.78, 5) is 21.8. The monoisotopic (exact) mass is 437 g/mol. The second-order valence-corrected chi connectivity index (χ2v) is 5.87. The average molecular weight is 440 g/mol. The zero-order valence-electron chi connectivity index (χ0n) is 12.2. The van der Waals surface area contributed by atoms with E-state index in [0.717, 1.165) is 5.56 Å². The molecule has 130 valence electrons. The largest absolute Gasteiger partial charge is 0.350 e. The van der Waals surface area contributed by atoms with Crippen LogP contribution in [0.2, 0.25) is 26.4 Å². The van der Waals surface area contributed by atoms with Crippen LogP contribution in [-0.2, 0) is 6.54 Å². The van der Waals surface area contributed by atoms with Crippen molar-refractivity contribution < 1.29 is 0 Å². The second kappa shape index (κ2) is 9.84. The first-order chi connectivity index (χ1) is 11.9. The summed E-state index contributed by atoms with van der Waals surface area (Å²) in [6.07, 6.45) is 0. The van der Waals surface area contributed by atoms with Gasteiger partial charge in [0.05, 0.1) is 0 Å². The van der Waals surface area contributed by atoms with Gasteiger partial charge in [0.1, 0.15) is 0 Å². The van der Waals surface area contributed by atoms with Gasteiger partial charge in [0, 0.05) is 6.54 Å². The zero-order chi connectivity index (χ0) is 18.2. The predicted octanol–water partition coefficient (Wildman–Crippen LogP) is 4.62. The molecule has 0 saturated carbocycles. The predicted molar refractivity (Wildman–Crippen MR) is 98.5 cm³/mol. The number of nitrogens with zero attached hydrogens (tertiary/aromatic N) is 6. The Hall–Kier alpha value is -1.51. The van der Waals surface area contributed by atoms with Gasteiger partial charge >= 0.3 is 0 Å². The van der Waals surface area contributed by atoms with Gasteiger partial charge in [-0.3, -0.25) is 0 Å². The van der Waals surface area contributed by atoms with Gasteiger partial charge in [0.15, 0.2) is 0 Å². The molecule has 1 aromatic carbocycles. The van der Waals surface area contributed by atoms with Gasteiger partial charge < -0.3 is 5.32 Å². The Labute approximate surface area is 167 Å². The lowest BCUT2D eigenvalue weighted by molar-refractivity contribution is 1.00. The summed E-state index contributed by atoms with van der Waals surface area (Å²) in [7, 11) is 0. The molecule has 7 nitrogen and oxygen atoms in total. The van der Waals surface area contributed by atoms with Crippen LogP contribution < -0.4 is 5.32 Å². The van der Waals surface area contributed by atoms with Gasteiger partial charge in [0.2, 0.25) is 32.4 Å². The van der Waals surface area contributed by atoms with Crippen LogP contribution in [0.15, 0.2) is 30.3 Å². The summed E-state index contributed by atoms with van der Waals surface area (Å²) in [5, 5.41) is 3.17. The summed E-state index contributed by atoms with van der Waals surface area (Å²) in [6.45, 7) is 0.609. The first-order valence-electron chi connectivity index (χ1n) is 6.50. The fraction of sp³-hybridized carbons (Fsp3) is 0.0769. The minimum absolute atomic E-state index is 0.000000000000000444. The third-order valence-corrected chi connectivity index (χ3v) is 3.27. The normalized spacial score (nSPS) is 9.96. The maximum Gasteiger partial charge on any atom is 0.228 e. The van der Waals surface area contributed by atoms with Gasteiger partial charge in [-0.1, -0.05) is 30.3 Å². The standard InChI is InChI=1S/C10H8Cl2N4.C3Cl3N3/c11-8-14-9(12)16-10(15-8)13-6-7-4-2-1-3-5-7;4-1-7-2(5)9-3(6)8-1/h1-5H,6H2,(H,13,14,15,16);. The molecule has 0 bridgehead atoms. The summed E-state index contributed by atoms with van der Waals surface area (Å²) in [5.41, 5.74) is 1.12. The van der Waals surface area contributed by atoms with Gasteiger partial charge in [-0.15, -0.1) is 0 Å². The van der Waals surface area contributed by atoms with Crippen LogP contribution in [0, 0.1) is 0 Å². The highest BCUT2D eigenvalue weighted by atomic mass is 35.5. The van der Waals surface area contributed by atoms with Gasteiger partial charge in [-0.2, -0.15) is 29.9 Å². The van der Waals surface area contributed by atoms with Crippen LogP contribution in [0.1, 0.15) is 5.56 Å². The molecule has 3 aromatic rings. The molecule has 0 fully saturated rings. The maximum absolute atomic E-state index is 5.65. The molecule has 0 aliphatic heterocycles. The molecular formula is C13H8Cl5N7. The first-order valence-corrected chi connectivity index (χ1v) is 8.39. The molecule has 0 spiro atoms. The molecular weight excluding hydrogens is 431 g/mol. The molecule has 0 unspecified atom stereocenters. The number of nitrogens with one attached hydrogen (secondary N) is 1. The summed E-state index contributed by atoms with van der Waals surface area (Å²) in [6, 6.07) is 9.88. The Morgan fingerprint density at radius 2 is 1.00 bits per heavy atom. The molecule has 12 heteroatoms. The molecule has 0 aliphatic carbocycles. The van der Waals surface area contributed by atoms with Crippen molar-refractivity contribution in [3.05, 3.63) is 62.3 Å². The lowest BCUT2D eigenvalue weighted by Gasteiger charge is -2.04. The first kappa shape index (κ1) is 19.8. The number of aromatic nitrogens is 6. The van der Waals surface area contributed by atoms with Crippen LogP contribution in [0.25, 0.3) is 0 Å². The van der Waals surface area contributed by atoms with Crippen LogP contribution in [0.3, 0.4) is 0 Å². The molecule has 0 radical (unpaired) electrons. The highest BCUT2D eigenvalue weighted by Crippen LogP contribution is 2.11. The number of hydrogen-bond acceptors (Lipinski definition) is 7. The topological polar surface area (TPSA) is 89.4 Å². The average Bonchev–Trinajstić information content (AvgIpc) is 2.52. The lowest BCUT2D eigenvalue weighted by atomic mass is 10.2. The van der Waals surface area contributed by atoms with Crippen molar-refractivity contribution in [3.8, 4) is 0 Å². The fourth-order valence-electron chi connectivity index (χ4n) is 1.49. The van der Waals surface area contributed by atoms with Crippen molar-refractivity contribution in [2.75, 3.05) is 5.32 Å². The van der Waals surface area contributed by atoms with Crippen molar-refractivity contribution in [2.24, 2.45) is 0 Å². The summed E-state index contributed by atoms with van der Waals surface area (Å²) >= 11 is 27.2. The number of halogens is 5. The van der Waals surface area contributed by atoms with Crippen LogP contribution >= 0.6 is 58.0 Å². The molecule has 25 heavy (non-hydrogen) atoms. The third kappa shape index (κ3) is 7.50. The number of benzene rings is 1. The van der Waals surface area contributed by atoms with E-state index < -0.39 is 0 Å². The lowest BCUT2D eigenvalue weighted by Crippen LogP contribution is -2.04. The summed E-state index contributed by atoms with van der Waals surface area (Å²) < 4.78 is 0. The van der Waals surface area contributed by atoms with Crippen molar-refractivity contribution in [1.82, 2.24) is 29.9 Å². The Morgan fingerprint density at radius 1 is 0.600 bits per heavy atom. The number of rotatable bonds is 3. The minimum atomic E-state index is 0.000000000000000444. The Bertz CT molecular complexity index is 764. The number of anilines is 1. The fourth-order valence-corrected chi connectivity index (χ4v) is 2.46. The van der Waals surface area contributed by atoms with E-state index >= 15 is 0 Å². The molecule has 0 atom stereocenters. The molecule has 0 saturated heterocycles. The molecule has 0 amide bonds. The van der Waals surface area contributed by atoms with E-state index in [2.05, 4.69) is 35.2 Å². The quantitative estimate of drug-likeness (QED) is 0.637. The maximum atomic E-state index is 5.65.